The van der Waals surface area contributed by atoms with E-state index in [-0.39, 0.29) is 0 Å². The summed E-state index contributed by atoms with van der Waals surface area (Å²) in [7, 11) is 0. The number of benzene rings is 1. The molecule has 3 aromatic rings. The molecular weight excluding hydrogens is 252 g/mol. The Labute approximate surface area is 117 Å². The average Bonchev–Trinajstić information content (AvgIpc) is 2.96. The van der Waals surface area contributed by atoms with Crippen LogP contribution in [0.2, 0.25) is 0 Å². The van der Waals surface area contributed by atoms with Crippen LogP contribution in [0.15, 0.2) is 35.7 Å². The Morgan fingerprint density at radius 1 is 1.26 bits per heavy atom. The Kier molecular flexibility index (Phi) is 3.38. The van der Waals surface area contributed by atoms with Gasteiger partial charge in [0, 0.05) is 16.6 Å². The minimum atomic E-state index is 0.875. The molecule has 0 amide bonds. The van der Waals surface area contributed by atoms with Gasteiger partial charge >= 0.3 is 0 Å². The zero-order chi connectivity index (χ0) is 13.2. The van der Waals surface area contributed by atoms with Gasteiger partial charge in [0.05, 0.1) is 17.2 Å². The molecule has 2 nitrogen and oxygen atoms in total. The molecular formula is C16H18N2S. The molecule has 0 aliphatic carbocycles. The zero-order valence-electron chi connectivity index (χ0n) is 11.4. The molecule has 98 valence electrons. The van der Waals surface area contributed by atoms with Crippen LogP contribution in [0.5, 0.6) is 0 Å². The SMILES string of the molecule is CCCc1nc(Cn2c(C)cc3ccccc32)cs1. The van der Waals surface area contributed by atoms with Crippen molar-refractivity contribution < 1.29 is 0 Å². The molecule has 0 aliphatic rings. The van der Waals surface area contributed by atoms with E-state index < -0.39 is 0 Å². The van der Waals surface area contributed by atoms with Crippen molar-refractivity contribution in [2.45, 2.75) is 33.2 Å². The summed E-state index contributed by atoms with van der Waals surface area (Å²) in [6, 6.07) is 10.8. The summed E-state index contributed by atoms with van der Waals surface area (Å²) in [6.07, 6.45) is 2.26. The summed E-state index contributed by atoms with van der Waals surface area (Å²) < 4.78 is 2.35. The monoisotopic (exact) mass is 270 g/mol. The third-order valence-corrected chi connectivity index (χ3v) is 4.36. The highest BCUT2D eigenvalue weighted by Gasteiger charge is 2.07. The van der Waals surface area contributed by atoms with E-state index in [1.807, 2.05) is 0 Å². The molecule has 0 bridgehead atoms. The Balaban J connectivity index is 1.93. The molecule has 0 spiro atoms. The summed E-state index contributed by atoms with van der Waals surface area (Å²) >= 11 is 1.78. The first-order valence-corrected chi connectivity index (χ1v) is 7.64. The molecule has 0 fully saturated rings. The number of rotatable bonds is 4. The Morgan fingerprint density at radius 3 is 2.95 bits per heavy atom. The van der Waals surface area contributed by atoms with Gasteiger partial charge < -0.3 is 4.57 Å². The number of thiazole rings is 1. The zero-order valence-corrected chi connectivity index (χ0v) is 12.2. The quantitative estimate of drug-likeness (QED) is 0.686. The van der Waals surface area contributed by atoms with Crippen LogP contribution in [-0.4, -0.2) is 9.55 Å². The first kappa shape index (κ1) is 12.4. The van der Waals surface area contributed by atoms with Crippen LogP contribution in [0.25, 0.3) is 10.9 Å². The van der Waals surface area contributed by atoms with Crippen LogP contribution in [0.4, 0.5) is 0 Å². The molecule has 0 saturated heterocycles. The number of hydrogen-bond donors (Lipinski definition) is 0. The lowest BCUT2D eigenvalue weighted by molar-refractivity contribution is 0.777. The highest BCUT2D eigenvalue weighted by Crippen LogP contribution is 2.21. The second-order valence-electron chi connectivity index (χ2n) is 4.91. The third kappa shape index (κ3) is 2.43. The van der Waals surface area contributed by atoms with Crippen LogP contribution in [0.3, 0.4) is 0 Å². The van der Waals surface area contributed by atoms with Gasteiger partial charge in [-0.2, -0.15) is 0 Å². The van der Waals surface area contributed by atoms with E-state index in [0.29, 0.717) is 0 Å². The van der Waals surface area contributed by atoms with Gasteiger partial charge in [-0.3, -0.25) is 0 Å². The number of para-hydroxylation sites is 1. The summed E-state index contributed by atoms with van der Waals surface area (Å²) in [5.41, 5.74) is 3.77. The molecule has 0 atom stereocenters. The molecule has 2 heterocycles. The molecule has 0 aliphatic heterocycles. The van der Waals surface area contributed by atoms with E-state index in [1.165, 1.54) is 33.7 Å². The Hall–Kier alpha value is -1.61. The van der Waals surface area contributed by atoms with Crippen LogP contribution in [-0.2, 0) is 13.0 Å². The van der Waals surface area contributed by atoms with E-state index in [0.717, 1.165) is 13.0 Å². The molecule has 0 saturated carbocycles. The van der Waals surface area contributed by atoms with Crippen molar-refractivity contribution in [2.75, 3.05) is 0 Å². The largest absolute Gasteiger partial charge is 0.339 e. The van der Waals surface area contributed by atoms with Gasteiger partial charge in [-0.25, -0.2) is 4.98 Å². The maximum Gasteiger partial charge on any atom is 0.0928 e. The first-order chi connectivity index (χ1) is 9.28. The molecule has 0 unspecified atom stereocenters. The number of fused-ring (bicyclic) bond motifs is 1. The molecule has 3 heteroatoms. The maximum absolute atomic E-state index is 4.72. The smallest absolute Gasteiger partial charge is 0.0928 e. The first-order valence-electron chi connectivity index (χ1n) is 6.76. The molecule has 2 aromatic heterocycles. The van der Waals surface area contributed by atoms with Crippen LogP contribution >= 0.6 is 11.3 Å². The van der Waals surface area contributed by atoms with Crippen molar-refractivity contribution in [3.63, 3.8) is 0 Å². The van der Waals surface area contributed by atoms with Crippen molar-refractivity contribution in [1.29, 1.82) is 0 Å². The van der Waals surface area contributed by atoms with Crippen molar-refractivity contribution in [3.8, 4) is 0 Å². The molecule has 0 radical (unpaired) electrons. The highest BCUT2D eigenvalue weighted by atomic mass is 32.1. The van der Waals surface area contributed by atoms with E-state index in [2.05, 4.69) is 54.1 Å². The van der Waals surface area contributed by atoms with Gasteiger partial charge in [0.25, 0.3) is 0 Å². The number of nitrogens with zero attached hydrogens (tertiary/aromatic N) is 2. The van der Waals surface area contributed by atoms with Crippen molar-refractivity contribution in [3.05, 3.63) is 52.1 Å². The van der Waals surface area contributed by atoms with Gasteiger partial charge in [-0.1, -0.05) is 25.1 Å². The predicted octanol–water partition coefficient (Wildman–Crippen LogP) is 4.41. The van der Waals surface area contributed by atoms with Gasteiger partial charge in [-0.15, -0.1) is 11.3 Å². The van der Waals surface area contributed by atoms with Gasteiger partial charge in [0.1, 0.15) is 0 Å². The number of hydrogen-bond acceptors (Lipinski definition) is 2. The fourth-order valence-electron chi connectivity index (χ4n) is 2.47. The van der Waals surface area contributed by atoms with Gasteiger partial charge in [0.15, 0.2) is 0 Å². The van der Waals surface area contributed by atoms with E-state index >= 15 is 0 Å². The lowest BCUT2D eigenvalue weighted by Crippen LogP contribution is -2.01. The van der Waals surface area contributed by atoms with Crippen molar-refractivity contribution in [2.24, 2.45) is 0 Å². The van der Waals surface area contributed by atoms with Crippen LogP contribution < -0.4 is 0 Å². The summed E-state index contributed by atoms with van der Waals surface area (Å²) in [4.78, 5) is 4.72. The van der Waals surface area contributed by atoms with Gasteiger partial charge in [0.2, 0.25) is 0 Å². The van der Waals surface area contributed by atoms with Crippen molar-refractivity contribution >= 4 is 22.2 Å². The van der Waals surface area contributed by atoms with Crippen molar-refractivity contribution in [1.82, 2.24) is 9.55 Å². The molecule has 19 heavy (non-hydrogen) atoms. The predicted molar refractivity (Wildman–Crippen MR) is 81.9 cm³/mol. The minimum Gasteiger partial charge on any atom is -0.339 e. The maximum atomic E-state index is 4.72. The normalized spacial score (nSPS) is 11.3. The van der Waals surface area contributed by atoms with Gasteiger partial charge in [-0.05, 0) is 37.3 Å². The van der Waals surface area contributed by atoms with E-state index in [4.69, 9.17) is 4.98 Å². The fourth-order valence-corrected chi connectivity index (χ4v) is 3.36. The lowest BCUT2D eigenvalue weighted by atomic mass is 10.2. The Morgan fingerprint density at radius 2 is 2.11 bits per heavy atom. The highest BCUT2D eigenvalue weighted by molar-refractivity contribution is 7.09. The standard InChI is InChI=1S/C16H18N2S/c1-3-6-16-17-14(11-19-16)10-18-12(2)9-13-7-4-5-8-15(13)18/h4-5,7-9,11H,3,6,10H2,1-2H3. The molecule has 1 aromatic carbocycles. The average molecular weight is 270 g/mol. The Bertz CT molecular complexity index is 694. The number of aromatic nitrogens is 2. The minimum absolute atomic E-state index is 0.875. The number of aryl methyl sites for hydroxylation is 2. The van der Waals surface area contributed by atoms with E-state index in [9.17, 15) is 0 Å². The topological polar surface area (TPSA) is 17.8 Å². The summed E-state index contributed by atoms with van der Waals surface area (Å²) in [6.45, 7) is 5.24. The molecule has 0 N–H and O–H groups in total. The summed E-state index contributed by atoms with van der Waals surface area (Å²) in [5.74, 6) is 0. The van der Waals surface area contributed by atoms with Crippen LogP contribution in [0.1, 0.15) is 29.7 Å². The molecule has 3 rings (SSSR count). The van der Waals surface area contributed by atoms with Crippen LogP contribution in [0, 0.1) is 6.92 Å². The summed E-state index contributed by atoms with van der Waals surface area (Å²) in [5, 5.41) is 4.76. The third-order valence-electron chi connectivity index (χ3n) is 3.40. The second-order valence-corrected chi connectivity index (χ2v) is 5.86. The second kappa shape index (κ2) is 5.17. The fraction of sp³-hybridized carbons (Fsp3) is 0.312. The van der Waals surface area contributed by atoms with E-state index in [1.54, 1.807) is 11.3 Å². The lowest BCUT2D eigenvalue weighted by Gasteiger charge is -2.05.